The van der Waals surface area contributed by atoms with Gasteiger partial charge < -0.3 is 9.64 Å². The maximum absolute atomic E-state index is 13.5. The first-order valence-corrected chi connectivity index (χ1v) is 10.4. The minimum atomic E-state index is -2.51. The standard InChI is InChI=1S/C21H29F2N5O/c1-14-10-15(2)28(26-14)20-24-18(11-17-4-6-21(22,23)7-5-17)12-19(25-20)27-8-9-29-16(3)13-27/h10,12,16-17H,4-9,11,13H2,1-3H3. The molecule has 0 amide bonds. The fourth-order valence-electron chi connectivity index (χ4n) is 4.29. The van der Waals surface area contributed by atoms with Gasteiger partial charge in [0.1, 0.15) is 5.82 Å². The number of aryl methyl sites for hydroxylation is 2. The van der Waals surface area contributed by atoms with Crippen LogP contribution in [0.25, 0.3) is 5.95 Å². The zero-order valence-corrected chi connectivity index (χ0v) is 17.4. The normalized spacial score (nSPS) is 22.8. The van der Waals surface area contributed by atoms with Crippen molar-refractivity contribution in [2.75, 3.05) is 24.6 Å². The van der Waals surface area contributed by atoms with Crippen LogP contribution in [0.15, 0.2) is 12.1 Å². The molecule has 2 aliphatic rings. The van der Waals surface area contributed by atoms with Crippen molar-refractivity contribution >= 4 is 5.82 Å². The monoisotopic (exact) mass is 405 g/mol. The van der Waals surface area contributed by atoms with Gasteiger partial charge in [-0.05, 0) is 52.0 Å². The molecule has 6 nitrogen and oxygen atoms in total. The average molecular weight is 405 g/mol. The predicted octanol–water partition coefficient (Wildman–Crippen LogP) is 3.87. The van der Waals surface area contributed by atoms with Crippen LogP contribution in [0.4, 0.5) is 14.6 Å². The highest BCUT2D eigenvalue weighted by molar-refractivity contribution is 5.43. The second-order valence-corrected chi connectivity index (χ2v) is 8.49. The number of hydrogen-bond acceptors (Lipinski definition) is 5. The van der Waals surface area contributed by atoms with Crippen molar-refractivity contribution in [2.24, 2.45) is 5.92 Å². The minimum Gasteiger partial charge on any atom is -0.375 e. The van der Waals surface area contributed by atoms with E-state index in [1.54, 1.807) is 4.68 Å². The Labute approximate surface area is 170 Å². The number of nitrogens with zero attached hydrogens (tertiary/aromatic N) is 5. The van der Waals surface area contributed by atoms with Gasteiger partial charge in [-0.15, -0.1) is 0 Å². The van der Waals surface area contributed by atoms with E-state index in [0.29, 0.717) is 31.8 Å². The molecule has 2 aromatic rings. The summed E-state index contributed by atoms with van der Waals surface area (Å²) in [6.07, 6.45) is 1.85. The van der Waals surface area contributed by atoms with E-state index in [2.05, 4.69) is 16.9 Å². The lowest BCUT2D eigenvalue weighted by atomic mass is 9.84. The van der Waals surface area contributed by atoms with Gasteiger partial charge in [0, 0.05) is 43.4 Å². The Hall–Kier alpha value is -2.09. The maximum atomic E-state index is 13.5. The number of aromatic nitrogens is 4. The van der Waals surface area contributed by atoms with Crippen LogP contribution in [0.5, 0.6) is 0 Å². The average Bonchev–Trinajstić information content (AvgIpc) is 3.01. The van der Waals surface area contributed by atoms with Crippen LogP contribution >= 0.6 is 0 Å². The highest BCUT2D eigenvalue weighted by Gasteiger charge is 2.35. The molecule has 1 saturated carbocycles. The van der Waals surface area contributed by atoms with Crippen molar-refractivity contribution in [1.82, 2.24) is 19.7 Å². The van der Waals surface area contributed by atoms with Crippen LogP contribution in [-0.2, 0) is 11.2 Å². The Morgan fingerprint density at radius 2 is 1.93 bits per heavy atom. The number of alkyl halides is 2. The SMILES string of the molecule is Cc1cc(C)n(-c2nc(CC3CCC(F)(F)CC3)cc(N3CCOC(C)C3)n2)n1. The molecule has 2 aromatic heterocycles. The van der Waals surface area contributed by atoms with Gasteiger partial charge >= 0.3 is 0 Å². The molecule has 29 heavy (non-hydrogen) atoms. The lowest BCUT2D eigenvalue weighted by Crippen LogP contribution is -2.41. The van der Waals surface area contributed by atoms with E-state index in [0.717, 1.165) is 36.0 Å². The first-order valence-electron chi connectivity index (χ1n) is 10.4. The largest absolute Gasteiger partial charge is 0.375 e. The molecule has 158 valence electrons. The highest BCUT2D eigenvalue weighted by atomic mass is 19.3. The summed E-state index contributed by atoms with van der Waals surface area (Å²) in [5.41, 5.74) is 2.78. The second-order valence-electron chi connectivity index (χ2n) is 8.49. The molecule has 0 bridgehead atoms. The van der Waals surface area contributed by atoms with Crippen LogP contribution in [0.1, 0.15) is 49.7 Å². The highest BCUT2D eigenvalue weighted by Crippen LogP contribution is 2.37. The molecule has 1 saturated heterocycles. The van der Waals surface area contributed by atoms with E-state index in [1.807, 2.05) is 26.0 Å². The van der Waals surface area contributed by atoms with Crippen LogP contribution < -0.4 is 4.90 Å². The van der Waals surface area contributed by atoms with Gasteiger partial charge in [-0.1, -0.05) is 0 Å². The van der Waals surface area contributed by atoms with Crippen molar-refractivity contribution in [3.8, 4) is 5.95 Å². The number of ether oxygens (including phenoxy) is 1. The molecule has 0 N–H and O–H groups in total. The first-order chi connectivity index (χ1) is 13.8. The third-order valence-electron chi connectivity index (χ3n) is 5.85. The van der Waals surface area contributed by atoms with E-state index in [4.69, 9.17) is 14.7 Å². The second kappa shape index (κ2) is 7.97. The predicted molar refractivity (Wildman–Crippen MR) is 107 cm³/mol. The van der Waals surface area contributed by atoms with Crippen molar-refractivity contribution in [1.29, 1.82) is 0 Å². The van der Waals surface area contributed by atoms with Crippen LogP contribution in [-0.4, -0.2) is 51.5 Å². The lowest BCUT2D eigenvalue weighted by Gasteiger charge is -2.32. The Kier molecular flexibility index (Phi) is 5.55. The van der Waals surface area contributed by atoms with Crippen LogP contribution in [0.3, 0.4) is 0 Å². The molecule has 1 unspecified atom stereocenters. The molecule has 4 rings (SSSR count). The molecule has 3 heterocycles. The minimum absolute atomic E-state index is 0.0269. The van der Waals surface area contributed by atoms with Crippen molar-refractivity contribution in [2.45, 2.75) is 64.9 Å². The van der Waals surface area contributed by atoms with Gasteiger partial charge in [0.2, 0.25) is 5.92 Å². The molecule has 2 fully saturated rings. The fourth-order valence-corrected chi connectivity index (χ4v) is 4.29. The van der Waals surface area contributed by atoms with Gasteiger partial charge in [-0.3, -0.25) is 0 Å². The molecule has 1 aliphatic carbocycles. The molecular weight excluding hydrogens is 376 g/mol. The maximum Gasteiger partial charge on any atom is 0.252 e. The summed E-state index contributed by atoms with van der Waals surface area (Å²) in [6, 6.07) is 4.01. The summed E-state index contributed by atoms with van der Waals surface area (Å²) in [5.74, 6) is -0.877. The molecule has 0 radical (unpaired) electrons. The van der Waals surface area contributed by atoms with Gasteiger partial charge in [-0.2, -0.15) is 10.1 Å². The number of hydrogen-bond donors (Lipinski definition) is 0. The van der Waals surface area contributed by atoms with Gasteiger partial charge in [0.25, 0.3) is 5.95 Å². The summed E-state index contributed by atoms with van der Waals surface area (Å²) in [6.45, 7) is 8.18. The van der Waals surface area contributed by atoms with Crippen molar-refractivity contribution in [3.63, 3.8) is 0 Å². The van der Waals surface area contributed by atoms with E-state index in [9.17, 15) is 8.78 Å². The van der Waals surface area contributed by atoms with Crippen LogP contribution in [0, 0.1) is 19.8 Å². The number of anilines is 1. The lowest BCUT2D eigenvalue weighted by molar-refractivity contribution is -0.0457. The number of rotatable bonds is 4. The molecule has 1 atom stereocenters. The van der Waals surface area contributed by atoms with Crippen molar-refractivity contribution in [3.05, 3.63) is 29.2 Å². The Morgan fingerprint density at radius 3 is 2.59 bits per heavy atom. The van der Waals surface area contributed by atoms with E-state index in [-0.39, 0.29) is 24.9 Å². The summed E-state index contributed by atoms with van der Waals surface area (Å²) < 4.78 is 34.5. The zero-order valence-electron chi connectivity index (χ0n) is 17.4. The molecule has 0 aromatic carbocycles. The van der Waals surface area contributed by atoms with E-state index >= 15 is 0 Å². The topological polar surface area (TPSA) is 56.1 Å². The third kappa shape index (κ3) is 4.74. The summed E-state index contributed by atoms with van der Waals surface area (Å²) >= 11 is 0. The number of morpholine rings is 1. The molecular formula is C21H29F2N5O. The summed E-state index contributed by atoms with van der Waals surface area (Å²) in [7, 11) is 0. The van der Waals surface area contributed by atoms with Gasteiger partial charge in [0.05, 0.1) is 18.4 Å². The van der Waals surface area contributed by atoms with Crippen molar-refractivity contribution < 1.29 is 13.5 Å². The number of halogens is 2. The molecule has 0 spiro atoms. The first kappa shape index (κ1) is 20.2. The quantitative estimate of drug-likeness (QED) is 0.773. The zero-order chi connectivity index (χ0) is 20.6. The molecule has 8 heteroatoms. The van der Waals surface area contributed by atoms with Gasteiger partial charge in [0.15, 0.2) is 0 Å². The summed E-state index contributed by atoms with van der Waals surface area (Å²) in [5, 5.41) is 4.54. The molecule has 1 aliphatic heterocycles. The summed E-state index contributed by atoms with van der Waals surface area (Å²) in [4.78, 5) is 11.8. The van der Waals surface area contributed by atoms with Crippen LogP contribution in [0.2, 0.25) is 0 Å². The Morgan fingerprint density at radius 1 is 1.17 bits per heavy atom. The van der Waals surface area contributed by atoms with Gasteiger partial charge in [-0.25, -0.2) is 18.4 Å². The van der Waals surface area contributed by atoms with E-state index < -0.39 is 5.92 Å². The Bertz CT molecular complexity index is 859. The third-order valence-corrected chi connectivity index (χ3v) is 5.85. The Balaban J connectivity index is 1.63. The smallest absolute Gasteiger partial charge is 0.252 e. The fraction of sp³-hybridized carbons (Fsp3) is 0.667. The van der Waals surface area contributed by atoms with E-state index in [1.165, 1.54) is 0 Å².